The monoisotopic (exact) mass is 578 g/mol. The number of ether oxygens (including phenoxy) is 2. The van der Waals surface area contributed by atoms with Gasteiger partial charge in [-0.2, -0.15) is 0 Å². The summed E-state index contributed by atoms with van der Waals surface area (Å²) in [5.74, 6) is -1.01. The minimum atomic E-state index is -1.38. The number of carbonyl (C=O) groups excluding carboxylic acids is 4. The van der Waals surface area contributed by atoms with Crippen LogP contribution in [-0.4, -0.2) is 67.9 Å². The lowest BCUT2D eigenvalue weighted by Crippen LogP contribution is -2.64. The number of hydrogen-bond acceptors (Lipinski definition) is 6. The maximum Gasteiger partial charge on any atom is 0.323 e. The third-order valence-electron chi connectivity index (χ3n) is 9.20. The van der Waals surface area contributed by atoms with Crippen LogP contribution in [0.15, 0.2) is 0 Å². The first-order valence-corrected chi connectivity index (χ1v) is 15.7. The van der Waals surface area contributed by atoms with E-state index in [0.29, 0.717) is 51.4 Å². The van der Waals surface area contributed by atoms with E-state index in [4.69, 9.17) is 9.47 Å². The van der Waals surface area contributed by atoms with Gasteiger partial charge in [0.25, 0.3) is 0 Å². The van der Waals surface area contributed by atoms with Crippen molar-refractivity contribution in [2.24, 2.45) is 5.41 Å². The lowest BCUT2D eigenvalue weighted by atomic mass is 9.75. The topological polar surface area (TPSA) is 93.2 Å². The molecule has 0 aromatic carbocycles. The highest BCUT2D eigenvalue weighted by atomic mass is 16.6. The van der Waals surface area contributed by atoms with Crippen LogP contribution in [0, 0.1) is 5.41 Å². The van der Waals surface area contributed by atoms with Crippen LogP contribution in [0.5, 0.6) is 0 Å². The number of unbranched alkanes of at least 4 members (excludes halogenated alkanes) is 2. The summed E-state index contributed by atoms with van der Waals surface area (Å²) in [6, 6.07) is 0. The Morgan fingerprint density at radius 1 is 0.610 bits per heavy atom. The molecule has 0 aliphatic carbocycles. The third kappa shape index (κ3) is 7.64. The molecule has 8 heteroatoms. The van der Waals surface area contributed by atoms with E-state index in [0.717, 1.165) is 12.8 Å². The van der Waals surface area contributed by atoms with Gasteiger partial charge in [-0.25, -0.2) is 0 Å². The molecule has 2 amide bonds. The number of amides is 2. The minimum Gasteiger partial charge on any atom is -0.461 e. The molecule has 2 heterocycles. The highest BCUT2D eigenvalue weighted by Gasteiger charge is 2.54. The Morgan fingerprint density at radius 2 is 0.878 bits per heavy atom. The minimum absolute atomic E-state index is 0.00439. The molecule has 2 rings (SSSR count). The average Bonchev–Trinajstić information content (AvgIpc) is 2.74. The number of carbonyl (C=O) groups is 4. The van der Waals surface area contributed by atoms with E-state index in [-0.39, 0.29) is 11.8 Å². The zero-order chi connectivity index (χ0) is 31.6. The quantitative estimate of drug-likeness (QED) is 0.215. The molecule has 8 nitrogen and oxygen atoms in total. The normalized spacial score (nSPS) is 22.2. The fourth-order valence-corrected chi connectivity index (χ4v) is 8.35. The van der Waals surface area contributed by atoms with Crippen LogP contribution in [-0.2, 0) is 28.7 Å². The Balaban J connectivity index is 2.40. The van der Waals surface area contributed by atoms with Crippen LogP contribution in [0.2, 0.25) is 0 Å². The molecule has 0 unspecified atom stereocenters. The van der Waals surface area contributed by atoms with Crippen LogP contribution in [0.3, 0.4) is 0 Å². The number of rotatable bonds is 10. The van der Waals surface area contributed by atoms with Crippen molar-refractivity contribution in [1.82, 2.24) is 9.80 Å². The van der Waals surface area contributed by atoms with Gasteiger partial charge in [0.1, 0.15) is 12.2 Å². The molecule has 0 saturated carbocycles. The smallest absolute Gasteiger partial charge is 0.323 e. The van der Waals surface area contributed by atoms with Crippen molar-refractivity contribution in [3.8, 4) is 0 Å². The zero-order valence-electron chi connectivity index (χ0n) is 28.1. The van der Waals surface area contributed by atoms with E-state index < -0.39 is 51.7 Å². The number of nitrogens with zero attached hydrogens (tertiary/aromatic N) is 2. The molecular weight excluding hydrogens is 520 g/mol. The van der Waals surface area contributed by atoms with Crippen molar-refractivity contribution in [3.05, 3.63) is 0 Å². The third-order valence-corrected chi connectivity index (χ3v) is 9.20. The van der Waals surface area contributed by atoms with E-state index in [2.05, 4.69) is 0 Å². The van der Waals surface area contributed by atoms with E-state index >= 15 is 0 Å². The summed E-state index contributed by atoms with van der Waals surface area (Å²) >= 11 is 0. The second-order valence-corrected chi connectivity index (χ2v) is 15.1. The fraction of sp³-hybridized carbons (Fsp3) is 0.879. The van der Waals surface area contributed by atoms with Gasteiger partial charge in [0, 0.05) is 61.7 Å². The molecule has 0 atom stereocenters. The van der Waals surface area contributed by atoms with Gasteiger partial charge < -0.3 is 19.3 Å². The summed E-state index contributed by atoms with van der Waals surface area (Å²) in [4.78, 5) is 57.2. The van der Waals surface area contributed by atoms with E-state index in [1.807, 2.05) is 79.0 Å². The first-order chi connectivity index (χ1) is 18.7. The van der Waals surface area contributed by atoms with Crippen molar-refractivity contribution in [2.45, 2.75) is 182 Å². The molecule has 0 N–H and O–H groups in total. The van der Waals surface area contributed by atoms with Gasteiger partial charge in [-0.15, -0.1) is 0 Å². The molecule has 0 bridgehead atoms. The number of piperidine rings is 2. The van der Waals surface area contributed by atoms with Gasteiger partial charge in [-0.1, -0.05) is 39.5 Å². The summed E-state index contributed by atoms with van der Waals surface area (Å²) in [5.41, 5.74) is -3.40. The summed E-state index contributed by atoms with van der Waals surface area (Å²) in [6.45, 7) is 23.3. The largest absolute Gasteiger partial charge is 0.461 e. The van der Waals surface area contributed by atoms with E-state index in [1.165, 1.54) is 0 Å². The first-order valence-electron chi connectivity index (χ1n) is 15.7. The van der Waals surface area contributed by atoms with Gasteiger partial charge in [-0.3, -0.25) is 19.2 Å². The number of likely N-dealkylation sites (tertiary alicyclic amines) is 2. The second-order valence-electron chi connectivity index (χ2n) is 15.1. The molecule has 2 saturated heterocycles. The molecule has 2 aliphatic heterocycles. The summed E-state index contributed by atoms with van der Waals surface area (Å²) in [5, 5.41) is 0. The molecule has 236 valence electrons. The molecule has 0 aromatic rings. The second kappa shape index (κ2) is 12.6. The van der Waals surface area contributed by atoms with Crippen LogP contribution in [0.25, 0.3) is 0 Å². The predicted octanol–water partition coefficient (Wildman–Crippen LogP) is 6.58. The van der Waals surface area contributed by atoms with Crippen molar-refractivity contribution in [3.63, 3.8) is 0 Å². The standard InChI is InChI=1S/C33H58N2O6/c1-13-15-17-33(18-16-14-2,27(38)40-25-19-29(5,6)34(23(3)36)30(7,8)20-25)28(39)41-26-21-31(9,10)35(24(4)37)32(11,12)22-26/h25-26H,13-22H2,1-12H3. The number of esters is 2. The van der Waals surface area contributed by atoms with Gasteiger partial charge >= 0.3 is 11.9 Å². The van der Waals surface area contributed by atoms with Crippen LogP contribution < -0.4 is 0 Å². The zero-order valence-corrected chi connectivity index (χ0v) is 28.1. The van der Waals surface area contributed by atoms with Gasteiger partial charge in [0.2, 0.25) is 11.8 Å². The van der Waals surface area contributed by atoms with Crippen molar-refractivity contribution in [1.29, 1.82) is 0 Å². The Labute approximate surface area is 249 Å². The van der Waals surface area contributed by atoms with E-state index in [1.54, 1.807) is 13.8 Å². The highest BCUT2D eigenvalue weighted by Crippen LogP contribution is 2.44. The lowest BCUT2D eigenvalue weighted by molar-refractivity contribution is -0.190. The molecule has 2 fully saturated rings. The van der Waals surface area contributed by atoms with Crippen molar-refractivity contribution >= 4 is 23.8 Å². The lowest BCUT2D eigenvalue weighted by Gasteiger charge is -2.55. The molecule has 41 heavy (non-hydrogen) atoms. The first kappa shape index (κ1) is 35.1. The molecule has 0 aromatic heterocycles. The van der Waals surface area contributed by atoms with Crippen LogP contribution >= 0.6 is 0 Å². The predicted molar refractivity (Wildman–Crippen MR) is 161 cm³/mol. The highest BCUT2D eigenvalue weighted by molar-refractivity contribution is 6.00. The Morgan fingerprint density at radius 3 is 1.10 bits per heavy atom. The van der Waals surface area contributed by atoms with Crippen molar-refractivity contribution < 1.29 is 28.7 Å². The van der Waals surface area contributed by atoms with Crippen molar-refractivity contribution in [2.75, 3.05) is 0 Å². The van der Waals surface area contributed by atoms with E-state index in [9.17, 15) is 19.2 Å². The van der Waals surface area contributed by atoms with Gasteiger partial charge in [-0.05, 0) is 68.2 Å². The average molecular weight is 579 g/mol. The van der Waals surface area contributed by atoms with Gasteiger partial charge in [0.15, 0.2) is 5.41 Å². The maximum atomic E-state index is 14.2. The maximum absolute atomic E-state index is 14.2. The number of hydrogen-bond donors (Lipinski definition) is 0. The molecule has 0 radical (unpaired) electrons. The van der Waals surface area contributed by atoms with Crippen LogP contribution in [0.1, 0.15) is 147 Å². The Bertz CT molecular complexity index is 868. The van der Waals surface area contributed by atoms with Gasteiger partial charge in [0.05, 0.1) is 0 Å². The molecule has 2 aliphatic rings. The molecule has 0 spiro atoms. The molecular formula is C33H58N2O6. The van der Waals surface area contributed by atoms with Crippen LogP contribution in [0.4, 0.5) is 0 Å². The Kier molecular flexibility index (Phi) is 10.8. The SMILES string of the molecule is CCCCC(CCCC)(C(=O)OC1CC(C)(C)N(C(C)=O)C(C)(C)C1)C(=O)OC1CC(C)(C)N(C(C)=O)C(C)(C)C1. The Hall–Kier alpha value is -2.12. The summed E-state index contributed by atoms with van der Waals surface area (Å²) in [6.07, 6.45) is 4.98. The fourth-order valence-electron chi connectivity index (χ4n) is 8.35. The summed E-state index contributed by atoms with van der Waals surface area (Å²) < 4.78 is 12.5. The summed E-state index contributed by atoms with van der Waals surface area (Å²) in [7, 11) is 0.